The second kappa shape index (κ2) is 5.62. The van der Waals surface area contributed by atoms with Crippen LogP contribution in [0.15, 0.2) is 24.3 Å². The predicted octanol–water partition coefficient (Wildman–Crippen LogP) is 1.37. The summed E-state index contributed by atoms with van der Waals surface area (Å²) in [5.74, 6) is -0.957. The molecule has 0 aromatic heterocycles. The molecular weight excluding hydrogens is 202 g/mol. The molecule has 1 aromatic rings. The minimum Gasteiger partial charge on any atom is -0.480 e. The SMILES string of the molecule is Cc1cccc(C[C@H](N)C(=O)O)c1.Cl. The lowest BCUT2D eigenvalue weighted by atomic mass is 10.0. The van der Waals surface area contributed by atoms with Crippen molar-refractivity contribution in [3.8, 4) is 0 Å². The number of halogens is 1. The van der Waals surface area contributed by atoms with Gasteiger partial charge in [-0.25, -0.2) is 0 Å². The average Bonchev–Trinajstić information content (AvgIpc) is 2.04. The van der Waals surface area contributed by atoms with Crippen LogP contribution in [0.25, 0.3) is 0 Å². The number of hydrogen-bond donors (Lipinski definition) is 2. The molecule has 0 unspecified atom stereocenters. The van der Waals surface area contributed by atoms with Crippen molar-refractivity contribution in [2.75, 3.05) is 0 Å². The Hall–Kier alpha value is -1.06. The zero-order valence-electron chi connectivity index (χ0n) is 7.93. The van der Waals surface area contributed by atoms with E-state index in [-0.39, 0.29) is 12.4 Å². The van der Waals surface area contributed by atoms with Gasteiger partial charge in [-0.05, 0) is 18.9 Å². The van der Waals surface area contributed by atoms with E-state index in [0.717, 1.165) is 11.1 Å². The van der Waals surface area contributed by atoms with Crippen LogP contribution >= 0.6 is 12.4 Å². The van der Waals surface area contributed by atoms with Crippen LogP contribution in [0, 0.1) is 6.92 Å². The van der Waals surface area contributed by atoms with Gasteiger partial charge in [0.25, 0.3) is 0 Å². The lowest BCUT2D eigenvalue weighted by molar-refractivity contribution is -0.138. The first kappa shape index (κ1) is 12.9. The van der Waals surface area contributed by atoms with E-state index in [1.54, 1.807) is 0 Å². The Morgan fingerprint density at radius 2 is 2.21 bits per heavy atom. The average molecular weight is 216 g/mol. The second-order valence-electron chi connectivity index (χ2n) is 3.14. The van der Waals surface area contributed by atoms with Crippen LogP contribution in [0.4, 0.5) is 0 Å². The van der Waals surface area contributed by atoms with Gasteiger partial charge in [0.2, 0.25) is 0 Å². The Morgan fingerprint density at radius 1 is 1.57 bits per heavy atom. The van der Waals surface area contributed by atoms with E-state index < -0.39 is 12.0 Å². The van der Waals surface area contributed by atoms with Crippen molar-refractivity contribution in [3.63, 3.8) is 0 Å². The highest BCUT2D eigenvalue weighted by Gasteiger charge is 2.11. The monoisotopic (exact) mass is 215 g/mol. The molecule has 14 heavy (non-hydrogen) atoms. The third-order valence-corrected chi connectivity index (χ3v) is 1.86. The van der Waals surface area contributed by atoms with E-state index in [2.05, 4.69) is 0 Å². The topological polar surface area (TPSA) is 63.3 Å². The number of aryl methyl sites for hydroxylation is 1. The van der Waals surface area contributed by atoms with Crippen LogP contribution in [-0.4, -0.2) is 17.1 Å². The molecule has 0 saturated carbocycles. The van der Waals surface area contributed by atoms with Gasteiger partial charge in [-0.3, -0.25) is 4.79 Å². The summed E-state index contributed by atoms with van der Waals surface area (Å²) < 4.78 is 0. The van der Waals surface area contributed by atoms with E-state index in [0.29, 0.717) is 6.42 Å². The number of nitrogens with two attached hydrogens (primary N) is 1. The quantitative estimate of drug-likeness (QED) is 0.801. The van der Waals surface area contributed by atoms with E-state index in [9.17, 15) is 4.79 Å². The van der Waals surface area contributed by atoms with E-state index in [1.807, 2.05) is 31.2 Å². The highest BCUT2D eigenvalue weighted by Crippen LogP contribution is 2.05. The van der Waals surface area contributed by atoms with Crippen LogP contribution < -0.4 is 5.73 Å². The fourth-order valence-corrected chi connectivity index (χ4v) is 1.18. The van der Waals surface area contributed by atoms with Crippen LogP contribution in [-0.2, 0) is 11.2 Å². The number of carboxylic acids is 1. The third-order valence-electron chi connectivity index (χ3n) is 1.86. The summed E-state index contributed by atoms with van der Waals surface area (Å²) in [4.78, 5) is 10.5. The Kier molecular flexibility index (Phi) is 5.20. The summed E-state index contributed by atoms with van der Waals surface area (Å²) in [6.45, 7) is 1.97. The lowest BCUT2D eigenvalue weighted by Crippen LogP contribution is -2.32. The van der Waals surface area contributed by atoms with Crippen molar-refractivity contribution in [2.45, 2.75) is 19.4 Å². The number of carbonyl (C=O) groups is 1. The van der Waals surface area contributed by atoms with Gasteiger partial charge in [0.1, 0.15) is 6.04 Å². The molecule has 0 aliphatic rings. The van der Waals surface area contributed by atoms with E-state index in [1.165, 1.54) is 0 Å². The summed E-state index contributed by atoms with van der Waals surface area (Å²) in [5, 5.41) is 8.59. The van der Waals surface area contributed by atoms with Crippen molar-refractivity contribution >= 4 is 18.4 Å². The molecule has 1 aromatic carbocycles. The first-order chi connectivity index (χ1) is 6.09. The van der Waals surface area contributed by atoms with E-state index >= 15 is 0 Å². The fraction of sp³-hybridized carbons (Fsp3) is 0.300. The molecule has 4 heteroatoms. The summed E-state index contributed by atoms with van der Waals surface area (Å²) >= 11 is 0. The van der Waals surface area contributed by atoms with Crippen LogP contribution in [0.5, 0.6) is 0 Å². The Morgan fingerprint density at radius 3 is 2.71 bits per heavy atom. The molecule has 0 heterocycles. The fourth-order valence-electron chi connectivity index (χ4n) is 1.18. The minimum atomic E-state index is -0.957. The molecule has 0 radical (unpaired) electrons. The first-order valence-corrected chi connectivity index (χ1v) is 4.13. The Bertz CT molecular complexity index is 315. The number of carboxylic acid groups (broad SMARTS) is 1. The van der Waals surface area contributed by atoms with Gasteiger partial charge in [-0.15, -0.1) is 12.4 Å². The Labute approximate surface area is 89.3 Å². The highest BCUT2D eigenvalue weighted by atomic mass is 35.5. The molecule has 3 nitrogen and oxygen atoms in total. The molecule has 0 aliphatic heterocycles. The molecule has 0 fully saturated rings. The van der Waals surface area contributed by atoms with Gasteiger partial charge >= 0.3 is 5.97 Å². The van der Waals surface area contributed by atoms with Gasteiger partial charge in [0.15, 0.2) is 0 Å². The second-order valence-corrected chi connectivity index (χ2v) is 3.14. The van der Waals surface area contributed by atoms with Gasteiger partial charge in [0, 0.05) is 0 Å². The summed E-state index contributed by atoms with van der Waals surface area (Å²) in [6, 6.07) is 6.90. The highest BCUT2D eigenvalue weighted by molar-refractivity contribution is 5.85. The molecule has 3 N–H and O–H groups in total. The van der Waals surface area contributed by atoms with Crippen molar-refractivity contribution < 1.29 is 9.90 Å². The summed E-state index contributed by atoms with van der Waals surface area (Å²) in [6.07, 6.45) is 0.386. The Balaban J connectivity index is 0.00000169. The number of rotatable bonds is 3. The minimum absolute atomic E-state index is 0. The third kappa shape index (κ3) is 3.77. The molecule has 0 saturated heterocycles. The number of benzene rings is 1. The number of aliphatic carboxylic acids is 1. The normalized spacial score (nSPS) is 11.6. The van der Waals surface area contributed by atoms with Gasteiger partial charge in [-0.2, -0.15) is 0 Å². The van der Waals surface area contributed by atoms with Crippen molar-refractivity contribution in [1.82, 2.24) is 0 Å². The predicted molar refractivity (Wildman–Crippen MR) is 57.7 cm³/mol. The van der Waals surface area contributed by atoms with Crippen molar-refractivity contribution in [1.29, 1.82) is 0 Å². The lowest BCUT2D eigenvalue weighted by Gasteiger charge is -2.06. The first-order valence-electron chi connectivity index (χ1n) is 4.13. The van der Waals surface area contributed by atoms with Crippen LogP contribution in [0.3, 0.4) is 0 Å². The standard InChI is InChI=1S/C10H13NO2.ClH/c1-7-3-2-4-8(5-7)6-9(11)10(12)13;/h2-5,9H,6,11H2,1H3,(H,12,13);1H/t9-;/m0./s1. The molecule has 1 rings (SSSR count). The molecule has 0 bridgehead atoms. The van der Waals surface area contributed by atoms with Crippen molar-refractivity contribution in [2.24, 2.45) is 5.73 Å². The molecule has 0 amide bonds. The van der Waals surface area contributed by atoms with Gasteiger partial charge in [0.05, 0.1) is 0 Å². The van der Waals surface area contributed by atoms with Gasteiger partial charge < -0.3 is 10.8 Å². The van der Waals surface area contributed by atoms with E-state index in [4.69, 9.17) is 10.8 Å². The zero-order chi connectivity index (χ0) is 9.84. The van der Waals surface area contributed by atoms with Gasteiger partial charge in [-0.1, -0.05) is 29.8 Å². The van der Waals surface area contributed by atoms with Crippen LogP contribution in [0.2, 0.25) is 0 Å². The van der Waals surface area contributed by atoms with Crippen molar-refractivity contribution in [3.05, 3.63) is 35.4 Å². The molecule has 0 aliphatic carbocycles. The maximum atomic E-state index is 10.5. The summed E-state index contributed by atoms with van der Waals surface area (Å²) in [7, 11) is 0. The molecule has 1 atom stereocenters. The smallest absolute Gasteiger partial charge is 0.320 e. The number of hydrogen-bond acceptors (Lipinski definition) is 2. The summed E-state index contributed by atoms with van der Waals surface area (Å²) in [5.41, 5.74) is 7.49. The molecule has 0 spiro atoms. The van der Waals surface area contributed by atoms with Crippen LogP contribution in [0.1, 0.15) is 11.1 Å². The largest absolute Gasteiger partial charge is 0.480 e. The maximum Gasteiger partial charge on any atom is 0.320 e. The zero-order valence-corrected chi connectivity index (χ0v) is 8.75. The molecule has 78 valence electrons. The maximum absolute atomic E-state index is 10.5. The molecular formula is C10H14ClNO2.